The van der Waals surface area contributed by atoms with Gasteiger partial charge in [0, 0.05) is 4.47 Å². The van der Waals surface area contributed by atoms with E-state index in [1.807, 2.05) is 72.8 Å². The molecule has 156 valence electrons. The number of hydrogen-bond acceptors (Lipinski definition) is 6. The van der Waals surface area contributed by atoms with Gasteiger partial charge in [-0.3, -0.25) is 4.79 Å². The van der Waals surface area contributed by atoms with Crippen LogP contribution in [0.25, 0.3) is 10.2 Å². The normalized spacial score (nSPS) is 11.1. The number of hydrazone groups is 1. The Hall–Kier alpha value is -2.68. The second kappa shape index (κ2) is 10.6. The van der Waals surface area contributed by atoms with Crippen LogP contribution in [-0.4, -0.2) is 22.9 Å². The maximum absolute atomic E-state index is 12.0. The van der Waals surface area contributed by atoms with Crippen molar-refractivity contribution in [2.75, 3.05) is 5.75 Å². The van der Waals surface area contributed by atoms with Crippen molar-refractivity contribution >= 4 is 61.4 Å². The van der Waals surface area contributed by atoms with Crippen LogP contribution in [0.4, 0.5) is 0 Å². The first kappa shape index (κ1) is 21.5. The summed E-state index contributed by atoms with van der Waals surface area (Å²) >= 11 is 6.41. The number of thiazole rings is 1. The number of nitrogens with one attached hydrogen (secondary N) is 1. The molecule has 1 amide bonds. The largest absolute Gasteiger partial charge is 0.489 e. The first-order chi connectivity index (χ1) is 15.2. The molecule has 0 saturated heterocycles. The van der Waals surface area contributed by atoms with E-state index >= 15 is 0 Å². The lowest BCUT2D eigenvalue weighted by Crippen LogP contribution is -2.19. The Morgan fingerprint density at radius 1 is 1.10 bits per heavy atom. The van der Waals surface area contributed by atoms with Crippen LogP contribution >= 0.6 is 39.0 Å². The zero-order chi connectivity index (χ0) is 21.5. The van der Waals surface area contributed by atoms with Gasteiger partial charge in [0.25, 0.3) is 5.91 Å². The number of halogens is 1. The SMILES string of the molecule is O=C(CSc1nc2ccccc2s1)N/N=C/c1ccc(OCc2ccc(Br)cc2)cc1. The number of thioether (sulfide) groups is 1. The van der Waals surface area contributed by atoms with E-state index in [0.717, 1.165) is 35.9 Å². The topological polar surface area (TPSA) is 63.6 Å². The average Bonchev–Trinajstić information content (AvgIpc) is 3.21. The van der Waals surface area contributed by atoms with E-state index in [9.17, 15) is 4.79 Å². The Balaban J connectivity index is 1.21. The quantitative estimate of drug-likeness (QED) is 0.182. The Bertz CT molecular complexity index is 1160. The predicted octanol–water partition coefficient (Wildman–Crippen LogP) is 5.88. The molecule has 0 spiro atoms. The van der Waals surface area contributed by atoms with Gasteiger partial charge in [-0.05, 0) is 59.7 Å². The van der Waals surface area contributed by atoms with Crippen LogP contribution < -0.4 is 10.2 Å². The van der Waals surface area contributed by atoms with Crippen molar-refractivity contribution in [3.8, 4) is 5.75 Å². The minimum Gasteiger partial charge on any atom is -0.489 e. The van der Waals surface area contributed by atoms with Gasteiger partial charge in [0.2, 0.25) is 0 Å². The number of amides is 1. The maximum atomic E-state index is 12.0. The fraction of sp³-hybridized carbons (Fsp3) is 0.0870. The van der Waals surface area contributed by atoms with E-state index in [1.54, 1.807) is 17.6 Å². The molecule has 5 nitrogen and oxygen atoms in total. The summed E-state index contributed by atoms with van der Waals surface area (Å²) in [6.45, 7) is 0.503. The summed E-state index contributed by atoms with van der Waals surface area (Å²) in [7, 11) is 0. The van der Waals surface area contributed by atoms with Gasteiger partial charge in [-0.15, -0.1) is 11.3 Å². The molecular formula is C23H18BrN3O2S2. The molecule has 0 aliphatic carbocycles. The molecular weight excluding hydrogens is 494 g/mol. The third-order valence-corrected chi connectivity index (χ3v) is 6.91. The second-order valence-corrected chi connectivity index (χ2v) is 9.68. The summed E-state index contributed by atoms with van der Waals surface area (Å²) in [6, 6.07) is 23.5. The summed E-state index contributed by atoms with van der Waals surface area (Å²) in [5, 5.41) is 4.03. The number of carbonyl (C=O) groups is 1. The third-order valence-electron chi connectivity index (χ3n) is 4.20. The summed E-state index contributed by atoms with van der Waals surface area (Å²) in [5.41, 5.74) is 5.48. The van der Waals surface area contributed by atoms with Crippen molar-refractivity contribution in [2.45, 2.75) is 10.9 Å². The Morgan fingerprint density at radius 3 is 2.65 bits per heavy atom. The Kier molecular flexibility index (Phi) is 7.35. The number of carbonyl (C=O) groups excluding carboxylic acids is 1. The van der Waals surface area contributed by atoms with E-state index in [4.69, 9.17) is 4.74 Å². The van der Waals surface area contributed by atoms with Crippen molar-refractivity contribution < 1.29 is 9.53 Å². The van der Waals surface area contributed by atoms with E-state index in [0.29, 0.717) is 6.61 Å². The minimum atomic E-state index is -0.171. The van der Waals surface area contributed by atoms with E-state index < -0.39 is 0 Å². The van der Waals surface area contributed by atoms with Crippen LogP contribution in [0.2, 0.25) is 0 Å². The van der Waals surface area contributed by atoms with Crippen LogP contribution in [0.3, 0.4) is 0 Å². The van der Waals surface area contributed by atoms with Crippen LogP contribution in [-0.2, 0) is 11.4 Å². The Labute approximate surface area is 196 Å². The molecule has 1 heterocycles. The van der Waals surface area contributed by atoms with Gasteiger partial charge in [0.15, 0.2) is 4.34 Å². The molecule has 0 saturated carbocycles. The first-order valence-electron chi connectivity index (χ1n) is 9.43. The average molecular weight is 512 g/mol. The van der Waals surface area contributed by atoms with Crippen molar-refractivity contribution in [1.29, 1.82) is 0 Å². The lowest BCUT2D eigenvalue weighted by Gasteiger charge is -2.06. The number of rotatable bonds is 8. The lowest BCUT2D eigenvalue weighted by atomic mass is 10.2. The van der Waals surface area contributed by atoms with Crippen LogP contribution in [0, 0.1) is 0 Å². The molecule has 4 aromatic rings. The lowest BCUT2D eigenvalue weighted by molar-refractivity contribution is -0.118. The molecule has 0 aliphatic heterocycles. The number of para-hydroxylation sites is 1. The predicted molar refractivity (Wildman–Crippen MR) is 131 cm³/mol. The molecule has 0 atom stereocenters. The van der Waals surface area contributed by atoms with Crippen molar-refractivity contribution in [3.05, 3.63) is 88.4 Å². The molecule has 0 radical (unpaired) electrons. The second-order valence-electron chi connectivity index (χ2n) is 6.51. The van der Waals surface area contributed by atoms with Gasteiger partial charge >= 0.3 is 0 Å². The van der Waals surface area contributed by atoms with Crippen molar-refractivity contribution in [1.82, 2.24) is 10.4 Å². The van der Waals surface area contributed by atoms with Gasteiger partial charge in [-0.2, -0.15) is 5.10 Å². The summed E-state index contributed by atoms with van der Waals surface area (Å²) in [5.74, 6) is 0.867. The fourth-order valence-corrected chi connectivity index (χ4v) is 4.77. The minimum absolute atomic E-state index is 0.171. The van der Waals surface area contributed by atoms with Crippen LogP contribution in [0.1, 0.15) is 11.1 Å². The zero-order valence-corrected chi connectivity index (χ0v) is 19.5. The van der Waals surface area contributed by atoms with E-state index in [-0.39, 0.29) is 11.7 Å². The van der Waals surface area contributed by atoms with Gasteiger partial charge < -0.3 is 4.74 Å². The number of hydrogen-bond donors (Lipinski definition) is 1. The van der Waals surface area contributed by atoms with Crippen molar-refractivity contribution in [2.24, 2.45) is 5.10 Å². The molecule has 4 rings (SSSR count). The molecule has 0 unspecified atom stereocenters. The van der Waals surface area contributed by atoms with Gasteiger partial charge in [-0.25, -0.2) is 10.4 Å². The summed E-state index contributed by atoms with van der Waals surface area (Å²) < 4.78 is 8.82. The third kappa shape index (κ3) is 6.40. The van der Waals surface area contributed by atoms with E-state index in [1.165, 1.54) is 11.8 Å². The van der Waals surface area contributed by atoms with Gasteiger partial charge in [-0.1, -0.05) is 52.0 Å². The van der Waals surface area contributed by atoms with Crippen molar-refractivity contribution in [3.63, 3.8) is 0 Å². The van der Waals surface area contributed by atoms with E-state index in [2.05, 4.69) is 31.4 Å². The smallest absolute Gasteiger partial charge is 0.250 e. The Morgan fingerprint density at radius 2 is 1.87 bits per heavy atom. The zero-order valence-electron chi connectivity index (χ0n) is 16.3. The number of fused-ring (bicyclic) bond motifs is 1. The number of nitrogens with zero attached hydrogens (tertiary/aromatic N) is 2. The molecule has 1 N–H and O–H groups in total. The molecule has 31 heavy (non-hydrogen) atoms. The molecule has 1 aromatic heterocycles. The first-order valence-corrected chi connectivity index (χ1v) is 12.0. The molecule has 0 aliphatic rings. The molecule has 0 bridgehead atoms. The highest BCUT2D eigenvalue weighted by molar-refractivity contribution is 9.10. The highest BCUT2D eigenvalue weighted by atomic mass is 79.9. The standard InChI is InChI=1S/C23H18BrN3O2S2/c24-18-9-5-17(6-10-18)14-29-19-11-7-16(8-12-19)13-25-27-22(28)15-30-23-26-20-3-1-2-4-21(20)31-23/h1-13H,14-15H2,(H,27,28)/b25-13+. The molecule has 3 aromatic carbocycles. The number of ether oxygens (including phenoxy) is 1. The summed E-state index contributed by atoms with van der Waals surface area (Å²) in [4.78, 5) is 16.5. The highest BCUT2D eigenvalue weighted by Gasteiger charge is 2.07. The number of benzene rings is 3. The number of aromatic nitrogens is 1. The van der Waals surface area contributed by atoms with Gasteiger partial charge in [0.05, 0.1) is 22.2 Å². The highest BCUT2D eigenvalue weighted by Crippen LogP contribution is 2.29. The molecule has 0 fully saturated rings. The maximum Gasteiger partial charge on any atom is 0.250 e. The summed E-state index contributed by atoms with van der Waals surface area (Å²) in [6.07, 6.45) is 1.61. The molecule has 8 heteroatoms. The van der Waals surface area contributed by atoms with Crippen LogP contribution in [0.15, 0.2) is 86.7 Å². The fourth-order valence-electron chi connectivity index (χ4n) is 2.65. The monoisotopic (exact) mass is 511 g/mol. The van der Waals surface area contributed by atoms with Crippen LogP contribution in [0.5, 0.6) is 5.75 Å². The van der Waals surface area contributed by atoms with Gasteiger partial charge in [0.1, 0.15) is 12.4 Å².